The molecule has 1 saturated heterocycles. The summed E-state index contributed by atoms with van der Waals surface area (Å²) in [5, 5.41) is 0.187. The van der Waals surface area contributed by atoms with Gasteiger partial charge in [-0.2, -0.15) is 0 Å². The number of hydrogen-bond acceptors (Lipinski definition) is 3. The maximum Gasteiger partial charge on any atom is 0.236 e. The van der Waals surface area contributed by atoms with Gasteiger partial charge in [0.25, 0.3) is 0 Å². The van der Waals surface area contributed by atoms with Crippen molar-refractivity contribution < 1.29 is 4.79 Å². The molecule has 4 nitrogen and oxygen atoms in total. The zero-order chi connectivity index (χ0) is 16.4. The molecule has 0 spiro atoms. The lowest BCUT2D eigenvalue weighted by atomic mass is 10.1. The number of aryl methyl sites for hydroxylation is 2. The Morgan fingerprint density at radius 2 is 2.17 bits per heavy atom. The molecular formula is C19H23N3OS. The summed E-state index contributed by atoms with van der Waals surface area (Å²) in [5.41, 5.74) is 3.76. The molecule has 2 aliphatic rings. The van der Waals surface area contributed by atoms with Crippen LogP contribution < -0.4 is 0 Å². The van der Waals surface area contributed by atoms with E-state index in [-0.39, 0.29) is 5.25 Å². The average molecular weight is 341 g/mol. The fourth-order valence-corrected chi connectivity index (χ4v) is 4.86. The van der Waals surface area contributed by atoms with Gasteiger partial charge >= 0.3 is 0 Å². The fraction of sp³-hybridized carbons (Fsp3) is 0.474. The predicted molar refractivity (Wildman–Crippen MR) is 97.0 cm³/mol. The van der Waals surface area contributed by atoms with Crippen molar-refractivity contribution in [1.29, 1.82) is 0 Å². The van der Waals surface area contributed by atoms with Crippen molar-refractivity contribution in [3.8, 4) is 0 Å². The van der Waals surface area contributed by atoms with E-state index in [1.54, 1.807) is 0 Å². The van der Waals surface area contributed by atoms with Crippen molar-refractivity contribution in [2.45, 2.75) is 44.0 Å². The van der Waals surface area contributed by atoms with Crippen molar-refractivity contribution in [3.05, 3.63) is 53.6 Å². The number of rotatable bonds is 4. The third kappa shape index (κ3) is 3.22. The van der Waals surface area contributed by atoms with E-state index in [1.807, 2.05) is 23.0 Å². The molecule has 0 N–H and O–H groups in total. The molecule has 0 aliphatic carbocycles. The summed E-state index contributed by atoms with van der Waals surface area (Å²) in [6.45, 7) is 2.47. The Morgan fingerprint density at radius 1 is 1.29 bits per heavy atom. The maximum absolute atomic E-state index is 12.6. The quantitative estimate of drug-likeness (QED) is 0.858. The van der Waals surface area contributed by atoms with Gasteiger partial charge < -0.3 is 9.47 Å². The first kappa shape index (κ1) is 15.8. The van der Waals surface area contributed by atoms with Gasteiger partial charge in [-0.05, 0) is 30.6 Å². The number of carbonyl (C=O) groups is 1. The lowest BCUT2D eigenvalue weighted by Gasteiger charge is -2.29. The number of aromatic nitrogens is 2. The molecule has 0 saturated carbocycles. The highest BCUT2D eigenvalue weighted by Gasteiger charge is 2.31. The van der Waals surface area contributed by atoms with Crippen LogP contribution in [0.25, 0.3) is 0 Å². The first-order chi connectivity index (χ1) is 11.8. The normalized spacial score (nSPS) is 20.2. The summed E-state index contributed by atoms with van der Waals surface area (Å²) in [6, 6.07) is 10.6. The molecular weight excluding hydrogens is 318 g/mol. The Morgan fingerprint density at radius 3 is 2.96 bits per heavy atom. The molecule has 3 heterocycles. The average Bonchev–Trinajstić information content (AvgIpc) is 3.30. The van der Waals surface area contributed by atoms with Crippen LogP contribution in [0.1, 0.15) is 29.8 Å². The summed E-state index contributed by atoms with van der Waals surface area (Å²) in [4.78, 5) is 19.2. The number of benzene rings is 1. The van der Waals surface area contributed by atoms with Crippen molar-refractivity contribution in [2.24, 2.45) is 0 Å². The largest absolute Gasteiger partial charge is 0.335 e. The molecule has 1 fully saturated rings. The topological polar surface area (TPSA) is 38.1 Å². The van der Waals surface area contributed by atoms with E-state index in [9.17, 15) is 4.79 Å². The maximum atomic E-state index is 12.6. The van der Waals surface area contributed by atoms with Crippen LogP contribution >= 0.6 is 11.8 Å². The molecule has 24 heavy (non-hydrogen) atoms. The van der Waals surface area contributed by atoms with Crippen LogP contribution in [-0.4, -0.2) is 37.9 Å². The summed E-state index contributed by atoms with van der Waals surface area (Å²) >= 11 is 1.82. The van der Waals surface area contributed by atoms with E-state index in [1.165, 1.54) is 17.7 Å². The molecule has 1 aromatic heterocycles. The van der Waals surface area contributed by atoms with Crippen molar-refractivity contribution >= 4 is 17.7 Å². The molecule has 0 unspecified atom stereocenters. The number of nitrogens with zero attached hydrogens (tertiary/aromatic N) is 3. The van der Waals surface area contributed by atoms with Crippen molar-refractivity contribution in [1.82, 2.24) is 14.5 Å². The van der Waals surface area contributed by atoms with Crippen LogP contribution in [-0.2, 0) is 30.7 Å². The predicted octanol–water partition coefficient (Wildman–Crippen LogP) is 2.91. The molecule has 0 radical (unpaired) electrons. The molecule has 0 bridgehead atoms. The van der Waals surface area contributed by atoms with E-state index < -0.39 is 0 Å². The molecule has 1 atom stereocenters. The van der Waals surface area contributed by atoms with E-state index >= 15 is 0 Å². The van der Waals surface area contributed by atoms with Crippen LogP contribution in [0.15, 0.2) is 36.7 Å². The molecule has 5 heteroatoms. The number of thioether (sulfide) groups is 1. The molecule has 1 amide bonds. The third-order valence-corrected chi connectivity index (χ3v) is 6.36. The summed E-state index contributed by atoms with van der Waals surface area (Å²) < 4.78 is 2.27. The van der Waals surface area contributed by atoms with Crippen molar-refractivity contribution in [3.63, 3.8) is 0 Å². The Balaban J connectivity index is 1.41. The second-order valence-corrected chi connectivity index (χ2v) is 7.89. The van der Waals surface area contributed by atoms with Crippen LogP contribution in [0.2, 0.25) is 0 Å². The van der Waals surface area contributed by atoms with Gasteiger partial charge in [0.2, 0.25) is 5.91 Å². The lowest BCUT2D eigenvalue weighted by Crippen LogP contribution is -2.40. The Bertz CT molecular complexity index is 707. The highest BCUT2D eigenvalue weighted by atomic mass is 32.2. The number of hydrogen-bond donors (Lipinski definition) is 0. The highest BCUT2D eigenvalue weighted by molar-refractivity contribution is 8.00. The molecule has 126 valence electrons. The molecule has 2 aliphatic heterocycles. The number of amides is 1. The van der Waals surface area contributed by atoms with Crippen molar-refractivity contribution in [2.75, 3.05) is 12.3 Å². The number of fused-ring (bicyclic) bond motifs is 1. The van der Waals surface area contributed by atoms with Crippen LogP contribution in [0, 0.1) is 0 Å². The van der Waals surface area contributed by atoms with Gasteiger partial charge in [0.05, 0.1) is 23.8 Å². The first-order valence-electron chi connectivity index (χ1n) is 8.78. The molecule has 2 aromatic rings. The third-order valence-electron chi connectivity index (χ3n) is 4.99. The second-order valence-electron chi connectivity index (χ2n) is 6.58. The van der Waals surface area contributed by atoms with Gasteiger partial charge in [-0.1, -0.05) is 30.3 Å². The van der Waals surface area contributed by atoms with E-state index in [0.717, 1.165) is 43.8 Å². The van der Waals surface area contributed by atoms with Gasteiger partial charge in [-0.3, -0.25) is 4.79 Å². The van der Waals surface area contributed by atoms with E-state index in [2.05, 4.69) is 39.9 Å². The van der Waals surface area contributed by atoms with Crippen LogP contribution in [0.5, 0.6) is 0 Å². The minimum absolute atomic E-state index is 0.187. The van der Waals surface area contributed by atoms with Crippen LogP contribution in [0.4, 0.5) is 0 Å². The minimum atomic E-state index is 0.187. The standard InChI is InChI=1S/C19H23N3OS/c23-19(18-7-4-12-24-18)21-11-9-17-16(13-21)20-14-22(17)10-8-15-5-2-1-3-6-15/h1-3,5-6,14,18H,4,7-13H2/t18-/m1/s1. The first-order valence-corrected chi connectivity index (χ1v) is 9.83. The number of imidazole rings is 1. The van der Waals surface area contributed by atoms with Gasteiger partial charge in [-0.15, -0.1) is 11.8 Å². The summed E-state index contributed by atoms with van der Waals surface area (Å²) in [5.74, 6) is 1.45. The highest BCUT2D eigenvalue weighted by Crippen LogP contribution is 2.29. The summed E-state index contributed by atoms with van der Waals surface area (Å²) in [7, 11) is 0. The fourth-order valence-electron chi connectivity index (χ4n) is 3.62. The summed E-state index contributed by atoms with van der Waals surface area (Å²) in [6.07, 6.45) is 6.11. The van der Waals surface area contributed by atoms with E-state index in [4.69, 9.17) is 0 Å². The van der Waals surface area contributed by atoms with Gasteiger partial charge in [-0.25, -0.2) is 4.98 Å². The Kier molecular flexibility index (Phi) is 4.60. The lowest BCUT2D eigenvalue weighted by molar-refractivity contribution is -0.131. The van der Waals surface area contributed by atoms with Gasteiger partial charge in [0.15, 0.2) is 0 Å². The Hall–Kier alpha value is -1.75. The minimum Gasteiger partial charge on any atom is -0.335 e. The van der Waals surface area contributed by atoms with Crippen LogP contribution in [0.3, 0.4) is 0 Å². The second kappa shape index (κ2) is 7.01. The molecule has 1 aromatic carbocycles. The monoisotopic (exact) mass is 341 g/mol. The Labute approximate surface area is 147 Å². The van der Waals surface area contributed by atoms with E-state index in [0.29, 0.717) is 12.5 Å². The number of carbonyl (C=O) groups excluding carboxylic acids is 1. The zero-order valence-electron chi connectivity index (χ0n) is 13.9. The smallest absolute Gasteiger partial charge is 0.236 e. The van der Waals surface area contributed by atoms with Gasteiger partial charge in [0, 0.05) is 25.2 Å². The SMILES string of the molecule is O=C([C@H]1CCCS1)N1CCc2c(ncn2CCc2ccccc2)C1. The van der Waals surface area contributed by atoms with Gasteiger partial charge in [0.1, 0.15) is 0 Å². The zero-order valence-corrected chi connectivity index (χ0v) is 14.7. The molecule has 4 rings (SSSR count).